The first-order valence-electron chi connectivity index (χ1n) is 10.3. The van der Waals surface area contributed by atoms with Crippen LogP contribution >= 0.6 is 0 Å². The van der Waals surface area contributed by atoms with Gasteiger partial charge in [0.25, 0.3) is 5.56 Å². The van der Waals surface area contributed by atoms with E-state index in [0.717, 1.165) is 29.5 Å². The molecule has 2 N–H and O–H groups in total. The van der Waals surface area contributed by atoms with Crippen LogP contribution in [0.2, 0.25) is 0 Å². The quantitative estimate of drug-likeness (QED) is 0.403. The molecule has 1 fully saturated rings. The molecule has 1 aliphatic heterocycles. The second-order valence-electron chi connectivity index (χ2n) is 8.01. The minimum atomic E-state index is -0.553. The molecule has 0 radical (unpaired) electrons. The number of aromatic nitrogens is 4. The number of hydrogen-bond donors (Lipinski definition) is 1. The van der Waals surface area contributed by atoms with Crippen LogP contribution in [0.15, 0.2) is 33.4 Å². The van der Waals surface area contributed by atoms with Crippen LogP contribution in [0.3, 0.4) is 0 Å². The molecule has 168 valence electrons. The molecular formula is C21H30N6O4. The highest BCUT2D eigenvalue weighted by Gasteiger charge is 2.25. The zero-order chi connectivity index (χ0) is 22.7. The number of imidazole rings is 1. The van der Waals surface area contributed by atoms with Crippen LogP contribution in [0.4, 0.5) is 5.95 Å². The molecule has 31 heavy (non-hydrogen) atoms. The Morgan fingerprint density at radius 3 is 2.65 bits per heavy atom. The monoisotopic (exact) mass is 430 g/mol. The van der Waals surface area contributed by atoms with E-state index in [9.17, 15) is 14.4 Å². The number of hydrogen-bond acceptors (Lipinski definition) is 7. The van der Waals surface area contributed by atoms with Gasteiger partial charge < -0.3 is 19.9 Å². The summed E-state index contributed by atoms with van der Waals surface area (Å²) in [6.07, 6.45) is 6.52. The number of esters is 1. The van der Waals surface area contributed by atoms with E-state index in [0.29, 0.717) is 30.2 Å². The summed E-state index contributed by atoms with van der Waals surface area (Å²) >= 11 is 0. The Balaban J connectivity index is 2.20. The molecule has 0 amide bonds. The Labute approximate surface area is 180 Å². The highest BCUT2D eigenvalue weighted by Crippen LogP contribution is 2.23. The number of carbonyl (C=O) groups excluding carboxylic acids is 1. The second-order valence-corrected chi connectivity index (χ2v) is 8.01. The van der Waals surface area contributed by atoms with Gasteiger partial charge in [0.2, 0.25) is 5.95 Å². The summed E-state index contributed by atoms with van der Waals surface area (Å²) in [4.78, 5) is 44.3. The van der Waals surface area contributed by atoms with Crippen LogP contribution in [-0.2, 0) is 29.7 Å². The molecule has 1 atom stereocenters. The number of allylic oxidation sites excluding steroid dienone is 3. The van der Waals surface area contributed by atoms with E-state index in [1.54, 1.807) is 7.05 Å². The highest BCUT2D eigenvalue weighted by molar-refractivity contribution is 5.81. The van der Waals surface area contributed by atoms with Gasteiger partial charge in [0.15, 0.2) is 11.2 Å². The van der Waals surface area contributed by atoms with E-state index in [2.05, 4.69) is 9.64 Å². The van der Waals surface area contributed by atoms with E-state index >= 15 is 0 Å². The fourth-order valence-corrected chi connectivity index (χ4v) is 3.72. The van der Waals surface area contributed by atoms with Gasteiger partial charge in [-0.3, -0.25) is 13.9 Å². The van der Waals surface area contributed by atoms with Crippen LogP contribution in [0, 0.1) is 0 Å². The first kappa shape index (κ1) is 22.5. The van der Waals surface area contributed by atoms with E-state index < -0.39 is 17.2 Å². The molecule has 1 saturated heterocycles. The number of carbonyl (C=O) groups is 1. The maximum atomic E-state index is 13.3. The van der Waals surface area contributed by atoms with Crippen molar-refractivity contribution < 1.29 is 9.53 Å². The molecule has 3 rings (SSSR count). The van der Waals surface area contributed by atoms with E-state index in [-0.39, 0.29) is 12.6 Å². The Morgan fingerprint density at radius 2 is 2.00 bits per heavy atom. The zero-order valence-corrected chi connectivity index (χ0v) is 18.5. The van der Waals surface area contributed by atoms with Crippen LogP contribution in [0.25, 0.3) is 11.2 Å². The lowest BCUT2D eigenvalue weighted by atomic mass is 10.1. The third-order valence-electron chi connectivity index (χ3n) is 5.38. The van der Waals surface area contributed by atoms with Crippen LogP contribution in [-0.4, -0.2) is 50.9 Å². The van der Waals surface area contributed by atoms with Gasteiger partial charge in [0, 0.05) is 45.3 Å². The van der Waals surface area contributed by atoms with E-state index in [1.165, 1.54) is 23.8 Å². The number of nitrogens with two attached hydrogens (primary N) is 1. The predicted molar refractivity (Wildman–Crippen MR) is 119 cm³/mol. The van der Waals surface area contributed by atoms with Gasteiger partial charge in [-0.25, -0.2) is 9.59 Å². The summed E-state index contributed by atoms with van der Waals surface area (Å²) in [6, 6.07) is 0.0365. The molecule has 10 heteroatoms. The maximum Gasteiger partial charge on any atom is 0.332 e. The van der Waals surface area contributed by atoms with Crippen molar-refractivity contribution in [2.45, 2.75) is 45.8 Å². The molecule has 2 aromatic heterocycles. The molecule has 1 aliphatic rings. The lowest BCUT2D eigenvalue weighted by Gasteiger charge is -2.31. The molecule has 3 heterocycles. The van der Waals surface area contributed by atoms with Crippen molar-refractivity contribution in [1.82, 2.24) is 18.7 Å². The molecule has 0 bridgehead atoms. The van der Waals surface area contributed by atoms with Gasteiger partial charge in [-0.05, 0) is 26.7 Å². The molecule has 2 aromatic rings. The standard InChI is InChI=1S/C21H30N6O4/c1-14(2)9-12-26-17-18(23-20(26)25-10-5-7-15(22)13-25)24(3)21(30)27(19(17)29)11-6-8-16(28)31-4/h6,8-9,15H,5,7,10-13,22H2,1-4H3. The van der Waals surface area contributed by atoms with Gasteiger partial charge >= 0.3 is 11.7 Å². The summed E-state index contributed by atoms with van der Waals surface area (Å²) < 4.78 is 8.87. The molecule has 0 aromatic carbocycles. The number of methoxy groups -OCH3 is 1. The smallest absolute Gasteiger partial charge is 0.332 e. The first-order chi connectivity index (χ1) is 14.7. The van der Waals surface area contributed by atoms with Crippen molar-refractivity contribution in [3.8, 4) is 0 Å². The lowest BCUT2D eigenvalue weighted by molar-refractivity contribution is -0.134. The topological polar surface area (TPSA) is 117 Å². The number of piperidine rings is 1. The largest absolute Gasteiger partial charge is 0.466 e. The van der Waals surface area contributed by atoms with Crippen LogP contribution in [0.5, 0.6) is 0 Å². The fraction of sp³-hybridized carbons (Fsp3) is 0.524. The SMILES string of the molecule is COC(=O)C=CCn1c(=O)c2c(nc(N3CCCC(N)C3)n2CC=C(C)C)n(C)c1=O. The van der Waals surface area contributed by atoms with Crippen molar-refractivity contribution in [2.24, 2.45) is 12.8 Å². The van der Waals surface area contributed by atoms with Gasteiger partial charge in [0.1, 0.15) is 0 Å². The van der Waals surface area contributed by atoms with Crippen molar-refractivity contribution in [2.75, 3.05) is 25.1 Å². The molecule has 0 aliphatic carbocycles. The average molecular weight is 431 g/mol. The third kappa shape index (κ3) is 4.63. The second kappa shape index (κ2) is 9.34. The summed E-state index contributed by atoms with van der Waals surface area (Å²) in [6.45, 7) is 5.81. The maximum absolute atomic E-state index is 13.3. The van der Waals surface area contributed by atoms with Gasteiger partial charge in [-0.15, -0.1) is 0 Å². The number of rotatable bonds is 6. The molecular weight excluding hydrogens is 400 g/mol. The fourth-order valence-electron chi connectivity index (χ4n) is 3.72. The van der Waals surface area contributed by atoms with Crippen molar-refractivity contribution >= 4 is 23.1 Å². The molecule has 10 nitrogen and oxygen atoms in total. The number of anilines is 1. The highest BCUT2D eigenvalue weighted by atomic mass is 16.5. The van der Waals surface area contributed by atoms with Gasteiger partial charge in [-0.2, -0.15) is 4.98 Å². The summed E-state index contributed by atoms with van der Waals surface area (Å²) in [5.41, 5.74) is 7.01. The number of fused-ring (bicyclic) bond motifs is 1. The number of ether oxygens (including phenoxy) is 1. The Bertz CT molecular complexity index is 1150. The van der Waals surface area contributed by atoms with Crippen LogP contribution in [0.1, 0.15) is 26.7 Å². The Morgan fingerprint density at radius 1 is 1.26 bits per heavy atom. The Hall–Kier alpha value is -3.14. The third-order valence-corrected chi connectivity index (χ3v) is 5.38. The minimum Gasteiger partial charge on any atom is -0.466 e. The van der Waals surface area contributed by atoms with Gasteiger partial charge in [0.05, 0.1) is 7.11 Å². The van der Waals surface area contributed by atoms with E-state index in [1.807, 2.05) is 24.5 Å². The summed E-state index contributed by atoms with van der Waals surface area (Å²) in [7, 11) is 2.86. The molecule has 1 unspecified atom stereocenters. The van der Waals surface area contributed by atoms with E-state index in [4.69, 9.17) is 10.7 Å². The minimum absolute atomic E-state index is 0.0365. The molecule has 0 saturated carbocycles. The zero-order valence-electron chi connectivity index (χ0n) is 18.5. The van der Waals surface area contributed by atoms with Crippen molar-refractivity contribution in [3.05, 3.63) is 44.6 Å². The average Bonchev–Trinajstić information content (AvgIpc) is 3.12. The normalized spacial score (nSPS) is 16.8. The number of nitrogens with zero attached hydrogens (tertiary/aromatic N) is 5. The summed E-state index contributed by atoms with van der Waals surface area (Å²) in [5, 5.41) is 0. The molecule has 0 spiro atoms. The number of aryl methyl sites for hydroxylation is 1. The Kier molecular flexibility index (Phi) is 6.79. The first-order valence-corrected chi connectivity index (χ1v) is 10.3. The van der Waals surface area contributed by atoms with Crippen molar-refractivity contribution in [1.29, 1.82) is 0 Å². The lowest BCUT2D eigenvalue weighted by Crippen LogP contribution is -2.44. The van der Waals surface area contributed by atoms with Crippen LogP contribution < -0.4 is 21.9 Å². The van der Waals surface area contributed by atoms with Gasteiger partial charge in [-0.1, -0.05) is 17.7 Å². The summed E-state index contributed by atoms with van der Waals surface area (Å²) in [5.74, 6) is 0.0841. The predicted octanol–water partition coefficient (Wildman–Crippen LogP) is 0.520. The van der Waals surface area contributed by atoms with Crippen molar-refractivity contribution in [3.63, 3.8) is 0 Å².